The van der Waals surface area contributed by atoms with Crippen LogP contribution in [0.25, 0.3) is 0 Å². The topological polar surface area (TPSA) is 60.9 Å². The van der Waals surface area contributed by atoms with E-state index in [0.29, 0.717) is 12.0 Å². The smallest absolute Gasteiger partial charge is 0.323 e. The van der Waals surface area contributed by atoms with Gasteiger partial charge in [0.2, 0.25) is 0 Å². The molecule has 0 radical (unpaired) electrons. The minimum Gasteiger partial charge on any atom is -0.480 e. The Morgan fingerprint density at radius 3 is 2.57 bits per heavy atom. The number of hydrogen-bond acceptors (Lipinski definition) is 2. The highest BCUT2D eigenvalue weighted by Gasteiger charge is 2.38. The molecule has 0 spiro atoms. The Labute approximate surface area is 127 Å². The highest BCUT2D eigenvalue weighted by atomic mass is 16.4. The second-order valence-electron chi connectivity index (χ2n) is 6.51. The fraction of sp³-hybridized carbons (Fsp3) is 0.875. The highest BCUT2D eigenvalue weighted by molar-refractivity contribution is 5.80. The molecule has 0 aromatic rings. The van der Waals surface area contributed by atoms with Crippen molar-refractivity contribution in [3.63, 3.8) is 0 Å². The lowest BCUT2D eigenvalue weighted by Gasteiger charge is -2.46. The molecule has 1 saturated heterocycles. The molecule has 0 aromatic heterocycles. The summed E-state index contributed by atoms with van der Waals surface area (Å²) in [6.45, 7) is 4.52. The molecule has 21 heavy (non-hydrogen) atoms. The molecule has 3 atom stereocenters. The summed E-state index contributed by atoms with van der Waals surface area (Å²) in [5.74, 6) is -0.305. The molecular formula is C16H28N2O3. The van der Waals surface area contributed by atoms with Crippen molar-refractivity contribution in [2.24, 2.45) is 5.92 Å². The normalized spacial score (nSPS) is 26.9. The maximum Gasteiger partial charge on any atom is 0.323 e. The van der Waals surface area contributed by atoms with E-state index in [2.05, 4.69) is 0 Å². The molecule has 1 aliphatic carbocycles. The minimum atomic E-state index is -0.930. The Morgan fingerprint density at radius 1 is 1.24 bits per heavy atom. The summed E-state index contributed by atoms with van der Waals surface area (Å²) in [4.78, 5) is 27.5. The van der Waals surface area contributed by atoms with Gasteiger partial charge in [-0.3, -0.25) is 4.79 Å². The molecule has 0 aromatic carbocycles. The van der Waals surface area contributed by atoms with Gasteiger partial charge in [0.25, 0.3) is 0 Å². The summed E-state index contributed by atoms with van der Waals surface area (Å²) in [6, 6.07) is 0.237. The number of piperidine rings is 1. The third kappa shape index (κ3) is 3.69. The van der Waals surface area contributed by atoms with Crippen molar-refractivity contribution < 1.29 is 14.7 Å². The first kappa shape index (κ1) is 16.1. The molecule has 1 N–H and O–H groups in total. The van der Waals surface area contributed by atoms with E-state index in [1.54, 1.807) is 4.90 Å². The average molecular weight is 296 g/mol. The Morgan fingerprint density at radius 2 is 1.90 bits per heavy atom. The van der Waals surface area contributed by atoms with Crippen LogP contribution in [-0.4, -0.2) is 52.1 Å². The zero-order valence-electron chi connectivity index (χ0n) is 13.3. The van der Waals surface area contributed by atoms with Crippen LogP contribution in [0.3, 0.4) is 0 Å². The molecule has 120 valence electrons. The first-order chi connectivity index (χ1) is 10.0. The number of aliphatic carboxylic acids is 1. The molecule has 2 fully saturated rings. The van der Waals surface area contributed by atoms with E-state index in [1.165, 1.54) is 25.7 Å². The van der Waals surface area contributed by atoms with Gasteiger partial charge in [0.1, 0.15) is 6.54 Å². The van der Waals surface area contributed by atoms with Crippen LogP contribution >= 0.6 is 0 Å². The monoisotopic (exact) mass is 296 g/mol. The number of likely N-dealkylation sites (tertiary alicyclic amines) is 1. The van der Waals surface area contributed by atoms with Gasteiger partial charge < -0.3 is 14.9 Å². The number of urea groups is 1. The van der Waals surface area contributed by atoms with Crippen molar-refractivity contribution in [2.45, 2.75) is 70.9 Å². The molecule has 1 heterocycles. The largest absolute Gasteiger partial charge is 0.480 e. The summed E-state index contributed by atoms with van der Waals surface area (Å²) in [7, 11) is 0. The second-order valence-corrected chi connectivity index (χ2v) is 6.51. The number of fused-ring (bicyclic) bond motifs is 1. The van der Waals surface area contributed by atoms with Crippen LogP contribution in [0.2, 0.25) is 0 Å². The number of nitrogens with zero attached hydrogens (tertiary/aromatic N) is 2. The molecular weight excluding hydrogens is 268 g/mol. The number of hydrogen-bond donors (Lipinski definition) is 1. The standard InChI is InChI=1S/C16H28N2O3/c1-3-12(2)18(11-15(19)20)16(21)17-10-6-8-13-7-4-5-9-14(13)17/h12-14H,3-11H2,1-2H3,(H,19,20). The maximum absolute atomic E-state index is 12.9. The summed E-state index contributed by atoms with van der Waals surface area (Å²) >= 11 is 0. The van der Waals surface area contributed by atoms with Crippen molar-refractivity contribution in [2.75, 3.05) is 13.1 Å². The SMILES string of the molecule is CCC(C)N(CC(=O)O)C(=O)N1CCCC2CCCCC21. The maximum atomic E-state index is 12.9. The second kappa shape index (κ2) is 7.14. The van der Waals surface area contributed by atoms with Crippen molar-refractivity contribution in [1.29, 1.82) is 0 Å². The molecule has 2 amide bonds. The Hall–Kier alpha value is -1.26. The molecule has 1 saturated carbocycles. The Balaban J connectivity index is 2.12. The van der Waals surface area contributed by atoms with Gasteiger partial charge in [0.05, 0.1) is 0 Å². The Kier molecular flexibility index (Phi) is 5.48. The van der Waals surface area contributed by atoms with Gasteiger partial charge in [-0.2, -0.15) is 0 Å². The third-order valence-electron chi connectivity index (χ3n) is 5.16. The van der Waals surface area contributed by atoms with E-state index < -0.39 is 5.97 Å². The van der Waals surface area contributed by atoms with Crippen molar-refractivity contribution in [3.05, 3.63) is 0 Å². The van der Waals surface area contributed by atoms with Gasteiger partial charge in [0, 0.05) is 18.6 Å². The van der Waals surface area contributed by atoms with Crippen LogP contribution < -0.4 is 0 Å². The van der Waals surface area contributed by atoms with Crippen LogP contribution in [0.15, 0.2) is 0 Å². The quantitative estimate of drug-likeness (QED) is 0.867. The zero-order valence-corrected chi connectivity index (χ0v) is 13.3. The molecule has 3 unspecified atom stereocenters. The number of amides is 2. The lowest BCUT2D eigenvalue weighted by molar-refractivity contribution is -0.138. The van der Waals surface area contributed by atoms with Crippen LogP contribution in [-0.2, 0) is 4.79 Å². The van der Waals surface area contributed by atoms with Crippen LogP contribution in [0.4, 0.5) is 4.79 Å². The van der Waals surface area contributed by atoms with Crippen molar-refractivity contribution in [3.8, 4) is 0 Å². The fourth-order valence-corrected chi connectivity index (χ4v) is 3.81. The van der Waals surface area contributed by atoms with Gasteiger partial charge in [-0.25, -0.2) is 4.79 Å². The summed E-state index contributed by atoms with van der Waals surface area (Å²) in [5.41, 5.74) is 0. The summed E-state index contributed by atoms with van der Waals surface area (Å²) < 4.78 is 0. The number of carboxylic acids is 1. The average Bonchev–Trinajstić information content (AvgIpc) is 2.50. The first-order valence-corrected chi connectivity index (χ1v) is 8.33. The van der Waals surface area contributed by atoms with Gasteiger partial charge in [-0.15, -0.1) is 0 Å². The summed E-state index contributed by atoms with van der Waals surface area (Å²) in [6.07, 6.45) is 7.81. The van der Waals surface area contributed by atoms with Crippen LogP contribution in [0, 0.1) is 5.92 Å². The van der Waals surface area contributed by atoms with Crippen molar-refractivity contribution in [1.82, 2.24) is 9.80 Å². The van der Waals surface area contributed by atoms with Crippen LogP contribution in [0.5, 0.6) is 0 Å². The van der Waals surface area contributed by atoms with Gasteiger partial charge in [-0.1, -0.05) is 19.8 Å². The third-order valence-corrected chi connectivity index (χ3v) is 5.16. The van der Waals surface area contributed by atoms with Crippen molar-refractivity contribution >= 4 is 12.0 Å². The predicted molar refractivity (Wildman–Crippen MR) is 81.2 cm³/mol. The fourth-order valence-electron chi connectivity index (χ4n) is 3.81. The number of carbonyl (C=O) groups excluding carboxylic acids is 1. The zero-order chi connectivity index (χ0) is 15.4. The van der Waals surface area contributed by atoms with Gasteiger partial charge in [0.15, 0.2) is 0 Å². The molecule has 5 nitrogen and oxygen atoms in total. The number of carbonyl (C=O) groups is 2. The lowest BCUT2D eigenvalue weighted by Crippen LogP contribution is -2.56. The number of carboxylic acid groups (broad SMARTS) is 1. The van der Waals surface area contributed by atoms with Gasteiger partial charge >= 0.3 is 12.0 Å². The van der Waals surface area contributed by atoms with Gasteiger partial charge in [-0.05, 0) is 44.9 Å². The van der Waals surface area contributed by atoms with E-state index in [9.17, 15) is 9.59 Å². The Bertz CT molecular complexity index is 384. The molecule has 2 aliphatic rings. The van der Waals surface area contributed by atoms with E-state index in [0.717, 1.165) is 25.8 Å². The van der Waals surface area contributed by atoms with Crippen LogP contribution in [0.1, 0.15) is 58.8 Å². The lowest BCUT2D eigenvalue weighted by atomic mass is 9.78. The summed E-state index contributed by atoms with van der Waals surface area (Å²) in [5, 5.41) is 9.10. The molecule has 0 bridgehead atoms. The highest BCUT2D eigenvalue weighted by Crippen LogP contribution is 2.35. The molecule has 1 aliphatic heterocycles. The predicted octanol–water partition coefficient (Wildman–Crippen LogP) is 2.95. The number of rotatable bonds is 4. The first-order valence-electron chi connectivity index (χ1n) is 8.33. The van der Waals surface area contributed by atoms with E-state index >= 15 is 0 Å². The van der Waals surface area contributed by atoms with E-state index in [4.69, 9.17) is 5.11 Å². The minimum absolute atomic E-state index is 0.0300. The van der Waals surface area contributed by atoms with E-state index in [-0.39, 0.29) is 18.6 Å². The van der Waals surface area contributed by atoms with E-state index in [1.807, 2.05) is 18.7 Å². The molecule has 2 rings (SSSR count). The molecule has 5 heteroatoms.